The Morgan fingerprint density at radius 1 is 0.941 bits per heavy atom. The molecule has 34 heavy (non-hydrogen) atoms. The van der Waals surface area contributed by atoms with Crippen LogP contribution in [0.5, 0.6) is 0 Å². The molecular weight excluding hydrogens is 503 g/mol. The van der Waals surface area contributed by atoms with Gasteiger partial charge in [-0.25, -0.2) is 27.0 Å². The highest BCUT2D eigenvalue weighted by atomic mass is 32.2. The maximum atomic E-state index is 13.2. The van der Waals surface area contributed by atoms with E-state index in [0.717, 1.165) is 23.5 Å². The molecule has 0 fully saturated rings. The van der Waals surface area contributed by atoms with Crippen LogP contribution < -0.4 is 15.4 Å². The van der Waals surface area contributed by atoms with E-state index in [9.17, 15) is 35.2 Å². The van der Waals surface area contributed by atoms with Crippen molar-refractivity contribution in [3.8, 4) is 10.4 Å². The monoisotopic (exact) mass is 520 g/mol. The van der Waals surface area contributed by atoms with Gasteiger partial charge in [-0.1, -0.05) is 12.1 Å². The second-order valence-electron chi connectivity index (χ2n) is 7.52. The van der Waals surface area contributed by atoms with Gasteiger partial charge in [-0.2, -0.15) is 17.9 Å². The van der Waals surface area contributed by atoms with E-state index in [0.29, 0.717) is 22.2 Å². The number of hydrogen-bond acceptors (Lipinski definition) is 5. The van der Waals surface area contributed by atoms with Crippen molar-refractivity contribution in [1.29, 1.82) is 0 Å². The molecule has 1 heterocycles. The third-order valence-corrected chi connectivity index (χ3v) is 7.04. The highest BCUT2D eigenvalue weighted by Gasteiger charge is 2.49. The number of urea groups is 1. The molecule has 0 spiro atoms. The van der Waals surface area contributed by atoms with Crippen LogP contribution in [0.15, 0.2) is 48.7 Å². The molecular formula is C20H17F5N4O3S2. The largest absolute Gasteiger partial charge is 0.511 e. The van der Waals surface area contributed by atoms with Gasteiger partial charge >= 0.3 is 21.6 Å². The molecule has 2 amide bonds. The summed E-state index contributed by atoms with van der Waals surface area (Å²) in [5, 5.41) is 4.89. The molecule has 0 aliphatic rings. The number of carbonyl (C=O) groups excluding carboxylic acids is 1. The lowest BCUT2D eigenvalue weighted by Gasteiger charge is -2.24. The summed E-state index contributed by atoms with van der Waals surface area (Å²) in [5.41, 5.74) is -6.19. The molecule has 14 heteroatoms. The smallest absolute Gasteiger partial charge is 0.308 e. The Balaban J connectivity index is 1.69. The molecule has 0 atom stereocenters. The first kappa shape index (κ1) is 25.5. The normalized spacial score (nSPS) is 12.4. The van der Waals surface area contributed by atoms with E-state index in [-0.39, 0.29) is 10.7 Å². The lowest BCUT2D eigenvalue weighted by molar-refractivity contribution is -0.0455. The molecule has 2 aromatic carbocycles. The Kier molecular flexibility index (Phi) is 6.96. The molecule has 3 rings (SSSR count). The van der Waals surface area contributed by atoms with Crippen molar-refractivity contribution in [3.63, 3.8) is 0 Å². The summed E-state index contributed by atoms with van der Waals surface area (Å²) in [6.45, 7) is 2.52. The number of nitrogens with zero attached hydrogens (tertiary/aromatic N) is 1. The van der Waals surface area contributed by atoms with Crippen LogP contribution in [0.3, 0.4) is 0 Å². The summed E-state index contributed by atoms with van der Waals surface area (Å²) in [6.07, 6.45) is 1.39. The average molecular weight is 521 g/mol. The van der Waals surface area contributed by atoms with E-state index in [1.54, 1.807) is 16.9 Å². The summed E-state index contributed by atoms with van der Waals surface area (Å²) in [6, 6.07) is 8.07. The van der Waals surface area contributed by atoms with Crippen LogP contribution in [0, 0.1) is 11.6 Å². The van der Waals surface area contributed by atoms with Crippen LogP contribution >= 0.6 is 11.3 Å². The van der Waals surface area contributed by atoms with Gasteiger partial charge in [0.05, 0.1) is 10.4 Å². The lowest BCUT2D eigenvalue weighted by Crippen LogP contribution is -2.46. The van der Waals surface area contributed by atoms with E-state index >= 15 is 0 Å². The van der Waals surface area contributed by atoms with Crippen molar-refractivity contribution in [1.82, 2.24) is 9.71 Å². The molecule has 1 aromatic heterocycles. The van der Waals surface area contributed by atoms with Crippen molar-refractivity contribution in [2.24, 2.45) is 0 Å². The van der Waals surface area contributed by atoms with Crippen LogP contribution in [0.2, 0.25) is 0 Å². The van der Waals surface area contributed by atoms with E-state index in [1.165, 1.54) is 32.2 Å². The van der Waals surface area contributed by atoms with E-state index in [4.69, 9.17) is 0 Å². The summed E-state index contributed by atoms with van der Waals surface area (Å²) in [7, 11) is -5.57. The fourth-order valence-electron chi connectivity index (χ4n) is 2.77. The summed E-state index contributed by atoms with van der Waals surface area (Å²) >= 11 is 0.992. The minimum Gasteiger partial charge on any atom is -0.308 e. The standard InChI is InChI=1S/C20H17F5N4O3S2/c1-19(2,29-34(31,32)20(23,24)25)17-26-10-16(33-17)11-3-5-14(6-4-11)27-18(30)28-15-8-12(21)7-13(22)9-15/h3-10,29H,1-2H3,(H2,27,28,30). The molecule has 0 radical (unpaired) electrons. The molecule has 0 bridgehead atoms. The highest BCUT2D eigenvalue weighted by molar-refractivity contribution is 7.90. The topological polar surface area (TPSA) is 100 Å². The summed E-state index contributed by atoms with van der Waals surface area (Å²) < 4.78 is 89.1. The second-order valence-corrected chi connectivity index (χ2v) is 10.2. The Hall–Kier alpha value is -3.10. The number of aromatic nitrogens is 1. The fraction of sp³-hybridized carbons (Fsp3) is 0.200. The molecule has 0 unspecified atom stereocenters. The third-order valence-electron chi connectivity index (χ3n) is 4.28. The van der Waals surface area contributed by atoms with Gasteiger partial charge in [0.2, 0.25) is 0 Å². The average Bonchev–Trinajstić information content (AvgIpc) is 3.17. The van der Waals surface area contributed by atoms with E-state index in [1.807, 2.05) is 0 Å². The zero-order valence-electron chi connectivity index (χ0n) is 17.5. The molecule has 3 aromatic rings. The number of carbonyl (C=O) groups is 1. The summed E-state index contributed by atoms with van der Waals surface area (Å²) in [5.74, 6) is -1.70. The number of alkyl halides is 3. The van der Waals surface area contributed by atoms with Gasteiger partial charge in [0, 0.05) is 23.6 Å². The minimum atomic E-state index is -5.57. The Morgan fingerprint density at radius 3 is 2.06 bits per heavy atom. The van der Waals surface area contributed by atoms with Crippen LogP contribution in [-0.4, -0.2) is 24.9 Å². The van der Waals surface area contributed by atoms with Gasteiger partial charge < -0.3 is 10.6 Å². The number of sulfonamides is 1. The molecule has 182 valence electrons. The van der Waals surface area contributed by atoms with Crippen LogP contribution in [0.25, 0.3) is 10.4 Å². The Bertz CT molecular complexity index is 1290. The van der Waals surface area contributed by atoms with E-state index < -0.39 is 38.7 Å². The first-order valence-corrected chi connectivity index (χ1v) is 11.7. The van der Waals surface area contributed by atoms with Gasteiger partial charge in [-0.3, -0.25) is 0 Å². The van der Waals surface area contributed by atoms with Crippen LogP contribution in [0.1, 0.15) is 18.9 Å². The number of thiazole rings is 1. The first-order valence-electron chi connectivity index (χ1n) is 9.37. The molecule has 0 aliphatic carbocycles. The molecule has 0 saturated heterocycles. The fourth-order valence-corrected chi connectivity index (χ4v) is 4.70. The summed E-state index contributed by atoms with van der Waals surface area (Å²) in [4.78, 5) is 16.6. The Morgan fingerprint density at radius 2 is 1.50 bits per heavy atom. The third kappa shape index (κ3) is 6.07. The highest BCUT2D eigenvalue weighted by Crippen LogP contribution is 2.34. The van der Waals surface area contributed by atoms with Gasteiger partial charge in [0.25, 0.3) is 0 Å². The van der Waals surface area contributed by atoms with E-state index in [2.05, 4.69) is 15.6 Å². The minimum absolute atomic E-state index is 0.0763. The van der Waals surface area contributed by atoms with Crippen molar-refractivity contribution < 1.29 is 35.2 Å². The number of benzene rings is 2. The Labute approximate surface area is 195 Å². The lowest BCUT2D eigenvalue weighted by atomic mass is 10.1. The van der Waals surface area contributed by atoms with Crippen LogP contribution in [-0.2, 0) is 15.6 Å². The number of anilines is 2. The molecule has 0 saturated carbocycles. The number of nitrogens with one attached hydrogen (secondary N) is 3. The van der Waals surface area contributed by atoms with Gasteiger partial charge in [0.1, 0.15) is 16.6 Å². The molecule has 0 aliphatic heterocycles. The zero-order valence-corrected chi connectivity index (χ0v) is 19.1. The predicted molar refractivity (Wildman–Crippen MR) is 118 cm³/mol. The SMILES string of the molecule is CC(C)(NS(=O)(=O)C(F)(F)F)c1ncc(-c2ccc(NC(=O)Nc3cc(F)cc(F)c3)cc2)s1. The van der Waals surface area contributed by atoms with Gasteiger partial charge in [-0.15, -0.1) is 11.3 Å². The maximum Gasteiger partial charge on any atom is 0.511 e. The number of halogens is 5. The van der Waals surface area contributed by atoms with Crippen molar-refractivity contribution >= 4 is 38.8 Å². The second kappa shape index (κ2) is 9.27. The molecule has 3 N–H and O–H groups in total. The number of hydrogen-bond donors (Lipinski definition) is 3. The first-order chi connectivity index (χ1) is 15.7. The van der Waals surface area contributed by atoms with Gasteiger partial charge in [-0.05, 0) is 43.7 Å². The number of rotatable bonds is 6. The van der Waals surface area contributed by atoms with Crippen molar-refractivity contribution in [3.05, 3.63) is 65.3 Å². The zero-order chi connectivity index (χ0) is 25.3. The quantitative estimate of drug-likeness (QED) is 0.379. The van der Waals surface area contributed by atoms with Gasteiger partial charge in [0.15, 0.2) is 0 Å². The van der Waals surface area contributed by atoms with Crippen molar-refractivity contribution in [2.75, 3.05) is 10.6 Å². The van der Waals surface area contributed by atoms with Crippen LogP contribution in [0.4, 0.5) is 38.1 Å². The maximum absolute atomic E-state index is 13.2. The van der Waals surface area contributed by atoms with Crippen molar-refractivity contribution in [2.45, 2.75) is 24.9 Å². The molecule has 7 nitrogen and oxygen atoms in total. The predicted octanol–water partition coefficient (Wildman–Crippen LogP) is 5.41. The number of amides is 2.